The summed E-state index contributed by atoms with van der Waals surface area (Å²) in [4.78, 5) is 61.8. The lowest BCUT2D eigenvalue weighted by Crippen LogP contribution is -2.47. The van der Waals surface area contributed by atoms with Crippen molar-refractivity contribution in [1.82, 2.24) is 19.6 Å². The second-order valence-corrected chi connectivity index (χ2v) is 35.3. The number of methoxy groups -OCH3 is 1. The molecule has 11 aromatic carbocycles. The summed E-state index contributed by atoms with van der Waals surface area (Å²) in [5, 5.41) is 0. The Kier molecular flexibility index (Phi) is 25.2. The van der Waals surface area contributed by atoms with Crippen LogP contribution < -0.4 is 56.1 Å². The van der Waals surface area contributed by atoms with Gasteiger partial charge in [0.1, 0.15) is 58.4 Å². The minimum absolute atomic E-state index is 0.00479. The third-order valence-electron chi connectivity index (χ3n) is 28.0. The van der Waals surface area contributed by atoms with Gasteiger partial charge in [-0.15, -0.1) is 0 Å². The van der Waals surface area contributed by atoms with E-state index in [0.717, 1.165) is 217 Å². The normalized spacial score (nSPS) is 17.6. The Bertz CT molecular complexity index is 5700. The van der Waals surface area contributed by atoms with Gasteiger partial charge in [-0.05, 0) is 157 Å². The van der Waals surface area contributed by atoms with Gasteiger partial charge in [-0.3, -0.25) is 19.2 Å². The van der Waals surface area contributed by atoms with E-state index in [2.05, 4.69) is 60.7 Å². The summed E-state index contributed by atoms with van der Waals surface area (Å²) in [7, 11) is 1.65. The highest BCUT2D eigenvalue weighted by atomic mass is 16.5. The molecule has 10 aliphatic rings. The predicted molar refractivity (Wildman–Crippen MR) is 491 cm³/mol. The number of nitrogens with two attached hydrogens (primary N) is 4. The third kappa shape index (κ3) is 17.5. The van der Waals surface area contributed by atoms with Gasteiger partial charge in [0.2, 0.25) is 23.6 Å². The second kappa shape index (κ2) is 37.5. The van der Waals surface area contributed by atoms with Gasteiger partial charge in [0, 0.05) is 170 Å². The first-order valence-electron chi connectivity index (χ1n) is 44.9. The van der Waals surface area contributed by atoms with Crippen LogP contribution in [0.2, 0.25) is 0 Å². The molecule has 0 radical (unpaired) electrons. The van der Waals surface area contributed by atoms with Crippen molar-refractivity contribution < 1.29 is 57.1 Å². The van der Waals surface area contributed by atoms with E-state index in [1.807, 2.05) is 220 Å². The van der Waals surface area contributed by atoms with Gasteiger partial charge in [-0.2, -0.15) is 0 Å². The fourth-order valence-corrected chi connectivity index (χ4v) is 20.5. The van der Waals surface area contributed by atoms with Crippen molar-refractivity contribution in [2.24, 2.45) is 22.9 Å². The maximum absolute atomic E-state index is 13.9. The molecule has 20 heteroatoms. The van der Waals surface area contributed by atoms with Crippen LogP contribution in [0.1, 0.15) is 159 Å². The largest absolute Gasteiger partial charge is 0.492 e. The number of likely N-dealkylation sites (tertiary alicyclic amines) is 4. The summed E-state index contributed by atoms with van der Waals surface area (Å²) >= 11 is 0. The van der Waals surface area contributed by atoms with Crippen molar-refractivity contribution in [2.75, 3.05) is 99.1 Å². The first-order chi connectivity index (χ1) is 62.2. The SMILES string of the molecule is COCCOc1cccc(/C=C/C(=O)N2CCC3(CC2)COc2ccc(CN)cc23)c1.NCc1ccc2c(c1)C1(CCN(C(=O)C(c3ccccc3)c3ccccc3)CC1)CO2.NCc1ccc2c(c1)C1(CCN(C(=O)C3c4ccccc4Oc4ccccc43)CC1)CO2.NCc1ccc2c(c1)C1(CCN(C(=O)CC3c4ccccc4Oc4ccccc43)CC1)CO2. The average Bonchev–Trinajstić information content (AvgIpc) is 1.75. The Morgan fingerprint density at radius 2 is 0.748 bits per heavy atom. The minimum atomic E-state index is -0.332. The zero-order chi connectivity index (χ0) is 87.1. The molecule has 8 N–H and O–H groups in total. The van der Waals surface area contributed by atoms with E-state index < -0.39 is 0 Å². The van der Waals surface area contributed by atoms with Crippen LogP contribution in [0, 0.1) is 0 Å². The number of benzene rings is 11. The molecule has 4 amide bonds. The number of rotatable bonds is 16. The highest BCUT2D eigenvalue weighted by molar-refractivity contribution is 5.92. The fraction of sp³-hybridized carbons (Fsp3) is 0.327. The molecule has 11 aromatic rings. The lowest BCUT2D eigenvalue weighted by Gasteiger charge is -2.40. The molecule has 0 unspecified atom stereocenters. The number of para-hydroxylation sites is 4. The smallest absolute Gasteiger partial charge is 0.246 e. The number of hydrogen-bond donors (Lipinski definition) is 4. The highest BCUT2D eigenvalue weighted by Crippen LogP contribution is 2.53. The molecule has 127 heavy (non-hydrogen) atoms. The molecule has 4 spiro atoms. The molecule has 20 nitrogen and oxygen atoms in total. The molecule has 21 rings (SSSR count). The third-order valence-corrected chi connectivity index (χ3v) is 28.0. The maximum Gasteiger partial charge on any atom is 0.246 e. The first-order valence-corrected chi connectivity index (χ1v) is 44.9. The summed E-state index contributed by atoms with van der Waals surface area (Å²) in [6.07, 6.45) is 11.2. The van der Waals surface area contributed by atoms with Gasteiger partial charge in [0.25, 0.3) is 0 Å². The number of piperidine rings is 4. The molecule has 0 aromatic heterocycles. The molecule has 4 saturated heterocycles. The van der Waals surface area contributed by atoms with Gasteiger partial charge in [-0.1, -0.05) is 194 Å². The molecular weight excluding hydrogens is 1590 g/mol. The average molecular weight is 1700 g/mol. The topological polar surface area (TPSA) is 259 Å². The Balaban J connectivity index is 0.000000115. The van der Waals surface area contributed by atoms with Crippen LogP contribution in [-0.4, -0.2) is 142 Å². The molecule has 4 fully saturated rings. The Morgan fingerprint density at radius 3 is 1.15 bits per heavy atom. The van der Waals surface area contributed by atoms with Crippen LogP contribution in [-0.2, 0) is 71.8 Å². The zero-order valence-corrected chi connectivity index (χ0v) is 72.2. The van der Waals surface area contributed by atoms with Crippen molar-refractivity contribution in [3.8, 4) is 51.7 Å². The Labute approximate surface area is 743 Å². The van der Waals surface area contributed by atoms with Crippen molar-refractivity contribution in [3.05, 3.63) is 344 Å². The predicted octanol–water partition coefficient (Wildman–Crippen LogP) is 16.4. The van der Waals surface area contributed by atoms with Crippen molar-refractivity contribution in [2.45, 2.75) is 123 Å². The molecule has 0 atom stereocenters. The van der Waals surface area contributed by atoms with Crippen molar-refractivity contribution in [3.63, 3.8) is 0 Å². The van der Waals surface area contributed by atoms with Crippen LogP contribution >= 0.6 is 0 Å². The number of hydrogen-bond acceptors (Lipinski definition) is 16. The summed E-state index contributed by atoms with van der Waals surface area (Å²) < 4.78 is 46.9. The molecular formula is C107H112N8O12. The number of nitrogens with zero attached hydrogens (tertiary/aromatic N) is 4. The highest BCUT2D eigenvalue weighted by Gasteiger charge is 2.50. The lowest BCUT2D eigenvalue weighted by atomic mass is 9.73. The van der Waals surface area contributed by atoms with Crippen LogP contribution in [0.15, 0.2) is 261 Å². The fourth-order valence-electron chi connectivity index (χ4n) is 20.5. The van der Waals surface area contributed by atoms with E-state index in [9.17, 15) is 19.2 Å². The molecule has 652 valence electrons. The van der Waals surface area contributed by atoms with Crippen molar-refractivity contribution >= 4 is 29.7 Å². The summed E-state index contributed by atoms with van der Waals surface area (Å²) in [6, 6.07) is 84.9. The van der Waals surface area contributed by atoms with Gasteiger partial charge >= 0.3 is 0 Å². The molecule has 10 heterocycles. The van der Waals surface area contributed by atoms with E-state index in [1.165, 1.54) is 22.3 Å². The standard InChI is InChI=1S/C28H28N2O3.C27H26N2O3.C27H28N2O2.C25H30N2O4/c29-17-19-9-10-26-23(15-19)28(18-32-26)11-13-30(14-12-28)27(31)16-22-20-5-1-3-7-24(20)33-25-8-4-2-6-21(22)25;28-16-18-9-10-24-21(15-18)27(17-31-24)11-13-29(14-12-27)26(30)25-19-5-1-3-7-22(19)32-23-8-4-2-6-20(23)25;28-18-20-11-12-24-23(17-20)27(19-31-24)13-15-29(16-14-27)26(30)25(21-7-3-1-4-8-21)22-9-5-2-6-10-22;1-29-13-14-30-21-4-2-3-19(15-21)6-8-24(28)27-11-9-25(10-12-27)18-31-23-7-5-20(17-26)16-22(23)25/h1-10,15,22H,11-14,16-18,29H2;1-10,15,25H,11-14,16-17,28H2;1-12,17,25H,13-16,18-19,28H2;2-8,15-16H,9-14,17-18,26H2,1H3/b;;;8-6+. The van der Waals surface area contributed by atoms with E-state index >= 15 is 0 Å². The number of carbonyl (C=O) groups excluding carboxylic acids is 4. The van der Waals surface area contributed by atoms with Crippen LogP contribution in [0.4, 0.5) is 0 Å². The number of fused-ring (bicyclic) bond motifs is 12. The Hall–Kier alpha value is -12.6. The second-order valence-electron chi connectivity index (χ2n) is 35.3. The summed E-state index contributed by atoms with van der Waals surface area (Å²) in [5.41, 5.74) is 40.1. The van der Waals surface area contributed by atoms with Crippen LogP contribution in [0.3, 0.4) is 0 Å². The monoisotopic (exact) mass is 1700 g/mol. The summed E-state index contributed by atoms with van der Waals surface area (Å²) in [6.45, 7) is 11.8. The van der Waals surface area contributed by atoms with E-state index in [-0.39, 0.29) is 63.0 Å². The van der Waals surface area contributed by atoms with Gasteiger partial charge < -0.3 is 80.4 Å². The number of amides is 4. The quantitative estimate of drug-likeness (QED) is 0.0518. The first kappa shape index (κ1) is 85.2. The van der Waals surface area contributed by atoms with Crippen LogP contribution in [0.5, 0.6) is 51.7 Å². The van der Waals surface area contributed by atoms with Crippen LogP contribution in [0.25, 0.3) is 6.08 Å². The molecule has 0 aliphatic carbocycles. The number of carbonyl (C=O) groups is 4. The van der Waals surface area contributed by atoms with E-state index in [1.54, 1.807) is 13.2 Å². The maximum atomic E-state index is 13.9. The lowest BCUT2D eigenvalue weighted by molar-refractivity contribution is -0.134. The minimum Gasteiger partial charge on any atom is -0.492 e. The van der Waals surface area contributed by atoms with E-state index in [4.69, 9.17) is 60.8 Å². The molecule has 0 saturated carbocycles. The Morgan fingerprint density at radius 1 is 0.386 bits per heavy atom. The molecule has 0 bridgehead atoms. The van der Waals surface area contributed by atoms with Gasteiger partial charge in [0.05, 0.1) is 44.9 Å². The van der Waals surface area contributed by atoms with Gasteiger partial charge in [0.15, 0.2) is 0 Å². The number of ether oxygens (including phenoxy) is 8. The summed E-state index contributed by atoms with van der Waals surface area (Å²) in [5.74, 6) is 7.87. The van der Waals surface area contributed by atoms with Crippen molar-refractivity contribution in [1.29, 1.82) is 0 Å². The van der Waals surface area contributed by atoms with Gasteiger partial charge in [-0.25, -0.2) is 0 Å². The van der Waals surface area contributed by atoms with E-state index in [0.29, 0.717) is 72.2 Å². The zero-order valence-electron chi connectivity index (χ0n) is 72.2. The molecule has 10 aliphatic heterocycles.